The quantitative estimate of drug-likeness (QED) is 0.191. The summed E-state index contributed by atoms with van der Waals surface area (Å²) in [6.07, 6.45) is 1.73. The van der Waals surface area contributed by atoms with Crippen molar-refractivity contribution < 1.29 is 4.74 Å². The van der Waals surface area contributed by atoms with Gasteiger partial charge in [0.1, 0.15) is 22.0 Å². The molecule has 0 fully saturated rings. The second-order valence-corrected chi connectivity index (χ2v) is 8.79. The van der Waals surface area contributed by atoms with Crippen LogP contribution in [0.5, 0.6) is 5.75 Å². The Bertz CT molecular complexity index is 1550. The maximum atomic E-state index is 9.83. The largest absolute Gasteiger partial charge is 0.497 e. The highest BCUT2D eigenvalue weighted by molar-refractivity contribution is 7.11. The van der Waals surface area contributed by atoms with Gasteiger partial charge in [-0.15, -0.1) is 11.3 Å². The predicted molar refractivity (Wildman–Crippen MR) is 140 cm³/mol. The van der Waals surface area contributed by atoms with Gasteiger partial charge in [0.05, 0.1) is 23.9 Å². The van der Waals surface area contributed by atoms with Gasteiger partial charge in [-0.05, 0) is 41.5 Å². The highest BCUT2D eigenvalue weighted by atomic mass is 35.5. The van der Waals surface area contributed by atoms with E-state index in [2.05, 4.69) is 47.5 Å². The van der Waals surface area contributed by atoms with Gasteiger partial charge in [-0.3, -0.25) is 0 Å². The molecule has 0 bridgehead atoms. The van der Waals surface area contributed by atoms with Gasteiger partial charge < -0.3 is 4.74 Å². The van der Waals surface area contributed by atoms with Crippen LogP contribution in [0.2, 0.25) is 5.15 Å². The predicted octanol–water partition coefficient (Wildman–Crippen LogP) is 7.75. The number of nitrogens with zero attached hydrogens (tertiary/aromatic N) is 3. The Kier molecular flexibility index (Phi) is 6.09. The lowest BCUT2D eigenvalue weighted by molar-refractivity contribution is 0.415. The number of hydrogen-bond acceptors (Lipinski definition) is 5. The van der Waals surface area contributed by atoms with E-state index in [9.17, 15) is 5.26 Å². The Balaban J connectivity index is 1.46. The van der Waals surface area contributed by atoms with E-state index >= 15 is 0 Å². The molecular formula is C28H18ClN3OS. The number of pyridine rings is 1. The molecule has 34 heavy (non-hydrogen) atoms. The number of fused-ring (bicyclic) bond motifs is 1. The summed E-state index contributed by atoms with van der Waals surface area (Å²) < 4.78 is 5.30. The fraction of sp³-hybridized carbons (Fsp3) is 0.0357. The Morgan fingerprint density at radius 2 is 1.68 bits per heavy atom. The van der Waals surface area contributed by atoms with Crippen LogP contribution >= 0.6 is 22.9 Å². The fourth-order valence-electron chi connectivity index (χ4n) is 3.67. The number of thiazole rings is 1. The average Bonchev–Trinajstić information content (AvgIpc) is 3.38. The van der Waals surface area contributed by atoms with Crippen molar-refractivity contribution in [2.45, 2.75) is 0 Å². The molecule has 0 radical (unpaired) electrons. The molecule has 0 aliphatic rings. The SMILES string of the molecule is COc1ccc2nc(Cl)c(C=C(C#N)c3nc(-c4ccc(-c5ccccc5)cc4)cs3)cc2c1. The van der Waals surface area contributed by atoms with E-state index in [1.807, 2.05) is 47.8 Å². The van der Waals surface area contributed by atoms with E-state index in [4.69, 9.17) is 21.3 Å². The Morgan fingerprint density at radius 3 is 2.41 bits per heavy atom. The highest BCUT2D eigenvalue weighted by Gasteiger charge is 2.12. The monoisotopic (exact) mass is 479 g/mol. The van der Waals surface area contributed by atoms with Gasteiger partial charge in [0.25, 0.3) is 0 Å². The third-order valence-corrected chi connectivity index (χ3v) is 6.62. The van der Waals surface area contributed by atoms with E-state index in [1.165, 1.54) is 16.9 Å². The summed E-state index contributed by atoms with van der Waals surface area (Å²) in [7, 11) is 1.62. The zero-order chi connectivity index (χ0) is 23.5. The van der Waals surface area contributed by atoms with Crippen LogP contribution in [0, 0.1) is 11.3 Å². The zero-order valence-electron chi connectivity index (χ0n) is 18.2. The van der Waals surface area contributed by atoms with E-state index in [0.717, 1.165) is 33.5 Å². The molecule has 3 aromatic carbocycles. The molecular weight excluding hydrogens is 462 g/mol. The molecule has 6 heteroatoms. The fourth-order valence-corrected chi connectivity index (χ4v) is 4.66. The molecule has 0 aliphatic heterocycles. The van der Waals surface area contributed by atoms with E-state index in [-0.39, 0.29) is 0 Å². The van der Waals surface area contributed by atoms with Gasteiger partial charge in [0.2, 0.25) is 0 Å². The highest BCUT2D eigenvalue weighted by Crippen LogP contribution is 2.31. The molecule has 0 spiro atoms. The Morgan fingerprint density at radius 1 is 0.941 bits per heavy atom. The molecule has 0 N–H and O–H groups in total. The van der Waals surface area contributed by atoms with Gasteiger partial charge in [-0.2, -0.15) is 5.26 Å². The molecule has 0 saturated carbocycles. The number of allylic oxidation sites excluding steroid dienone is 1. The lowest BCUT2D eigenvalue weighted by Crippen LogP contribution is -1.89. The summed E-state index contributed by atoms with van der Waals surface area (Å²) in [4.78, 5) is 9.17. The number of benzene rings is 3. The van der Waals surface area contributed by atoms with Crippen molar-refractivity contribution in [3.05, 3.63) is 100.0 Å². The summed E-state index contributed by atoms with van der Waals surface area (Å²) in [5.74, 6) is 0.731. The van der Waals surface area contributed by atoms with Gasteiger partial charge >= 0.3 is 0 Å². The molecule has 0 unspecified atom stereocenters. The third-order valence-electron chi connectivity index (χ3n) is 5.45. The molecule has 4 nitrogen and oxygen atoms in total. The van der Waals surface area contributed by atoms with Crippen LogP contribution in [0.3, 0.4) is 0 Å². The molecule has 5 aromatic rings. The first-order valence-corrected chi connectivity index (χ1v) is 11.8. The number of aromatic nitrogens is 2. The van der Waals surface area contributed by atoms with Gasteiger partial charge in [0, 0.05) is 21.9 Å². The van der Waals surface area contributed by atoms with E-state index < -0.39 is 0 Å². The first kappa shape index (κ1) is 21.8. The third kappa shape index (κ3) is 4.42. The van der Waals surface area contributed by atoms with Crippen molar-refractivity contribution >= 4 is 45.5 Å². The smallest absolute Gasteiger partial charge is 0.137 e. The number of rotatable bonds is 5. The normalized spacial score (nSPS) is 11.4. The zero-order valence-corrected chi connectivity index (χ0v) is 19.8. The molecule has 2 heterocycles. The minimum absolute atomic E-state index is 0.332. The maximum Gasteiger partial charge on any atom is 0.137 e. The maximum absolute atomic E-state index is 9.83. The van der Waals surface area contributed by atoms with E-state index in [1.54, 1.807) is 13.2 Å². The summed E-state index contributed by atoms with van der Waals surface area (Å²) in [5, 5.41) is 13.6. The van der Waals surface area contributed by atoms with Crippen LogP contribution in [0.1, 0.15) is 10.6 Å². The molecule has 0 atom stereocenters. The minimum atomic E-state index is 0.332. The topological polar surface area (TPSA) is 58.8 Å². The summed E-state index contributed by atoms with van der Waals surface area (Å²) >= 11 is 7.85. The lowest BCUT2D eigenvalue weighted by atomic mass is 10.0. The van der Waals surface area contributed by atoms with Crippen LogP contribution in [-0.4, -0.2) is 17.1 Å². The van der Waals surface area contributed by atoms with Crippen molar-refractivity contribution in [2.24, 2.45) is 0 Å². The molecule has 0 amide bonds. The second-order valence-electron chi connectivity index (χ2n) is 7.58. The molecule has 0 aliphatic carbocycles. The van der Waals surface area contributed by atoms with Gasteiger partial charge in [0.15, 0.2) is 0 Å². The van der Waals surface area contributed by atoms with Crippen molar-refractivity contribution in [3.8, 4) is 34.2 Å². The van der Waals surface area contributed by atoms with Gasteiger partial charge in [-0.25, -0.2) is 9.97 Å². The first-order valence-electron chi connectivity index (χ1n) is 10.5. The van der Waals surface area contributed by atoms with Crippen molar-refractivity contribution in [2.75, 3.05) is 7.11 Å². The molecule has 5 rings (SSSR count). The van der Waals surface area contributed by atoms with Crippen LogP contribution in [-0.2, 0) is 0 Å². The minimum Gasteiger partial charge on any atom is -0.497 e. The Labute approximate surface area is 206 Å². The van der Waals surface area contributed by atoms with Crippen molar-refractivity contribution in [1.29, 1.82) is 5.26 Å². The number of nitriles is 1. The van der Waals surface area contributed by atoms with Crippen molar-refractivity contribution in [1.82, 2.24) is 9.97 Å². The molecule has 0 saturated heterocycles. The number of hydrogen-bond donors (Lipinski definition) is 0. The number of ether oxygens (including phenoxy) is 1. The summed E-state index contributed by atoms with van der Waals surface area (Å²) in [6, 6.07) is 28.2. The lowest BCUT2D eigenvalue weighted by Gasteiger charge is -2.05. The summed E-state index contributed by atoms with van der Waals surface area (Å²) in [6.45, 7) is 0. The van der Waals surface area contributed by atoms with Crippen LogP contribution < -0.4 is 4.74 Å². The number of methoxy groups -OCH3 is 1. The standard InChI is InChI=1S/C28H18ClN3OS/c1-33-24-11-12-25-21(15-24)13-22(27(29)31-25)14-23(16-30)28-32-26(17-34-28)20-9-7-19(8-10-20)18-5-3-2-4-6-18/h2-15,17H,1H3. The average molecular weight is 480 g/mol. The summed E-state index contributed by atoms with van der Waals surface area (Å²) in [5.41, 5.74) is 5.99. The van der Waals surface area contributed by atoms with Crippen molar-refractivity contribution in [3.63, 3.8) is 0 Å². The molecule has 164 valence electrons. The Hall–Kier alpha value is -3.98. The van der Waals surface area contributed by atoms with Crippen LogP contribution in [0.15, 0.2) is 84.2 Å². The first-order chi connectivity index (χ1) is 16.6. The molecule has 2 aromatic heterocycles. The van der Waals surface area contributed by atoms with Crippen LogP contribution in [0.4, 0.5) is 0 Å². The second kappa shape index (κ2) is 9.48. The van der Waals surface area contributed by atoms with E-state index in [0.29, 0.717) is 21.3 Å². The number of halogens is 1. The van der Waals surface area contributed by atoms with Gasteiger partial charge in [-0.1, -0.05) is 66.2 Å². The van der Waals surface area contributed by atoms with Crippen LogP contribution in [0.25, 0.3) is 44.9 Å².